The Morgan fingerprint density at radius 1 is 0.971 bits per heavy atom. The number of esters is 1. The molecule has 3 amide bonds. The van der Waals surface area contributed by atoms with E-state index in [1.54, 1.807) is 36.1 Å². The van der Waals surface area contributed by atoms with Crippen molar-refractivity contribution in [2.75, 3.05) is 11.5 Å². The minimum absolute atomic E-state index is 0.0323. The molecule has 34 heavy (non-hydrogen) atoms. The second-order valence-corrected chi connectivity index (χ2v) is 8.81. The zero-order valence-corrected chi connectivity index (χ0v) is 19.4. The number of anilines is 1. The van der Waals surface area contributed by atoms with Gasteiger partial charge < -0.3 is 9.64 Å². The number of carbonyl (C=O) groups is 4. The lowest BCUT2D eigenvalue weighted by Gasteiger charge is -2.37. The number of rotatable bonds is 7. The fourth-order valence-electron chi connectivity index (χ4n) is 4.92. The third-order valence-corrected chi connectivity index (χ3v) is 6.55. The van der Waals surface area contributed by atoms with Crippen molar-refractivity contribution in [3.8, 4) is 0 Å². The highest BCUT2D eigenvalue weighted by molar-refractivity contribution is 6.23. The Morgan fingerprint density at radius 2 is 1.65 bits per heavy atom. The smallest absolute Gasteiger partial charge is 0.338 e. The van der Waals surface area contributed by atoms with Crippen LogP contribution in [-0.4, -0.2) is 47.3 Å². The van der Waals surface area contributed by atoms with E-state index in [2.05, 4.69) is 0 Å². The Labute approximate surface area is 199 Å². The van der Waals surface area contributed by atoms with Crippen molar-refractivity contribution in [1.82, 2.24) is 4.90 Å². The lowest BCUT2D eigenvalue weighted by molar-refractivity contribution is -0.141. The molecular formula is C27H30N2O5. The van der Waals surface area contributed by atoms with Crippen molar-refractivity contribution in [2.45, 2.75) is 64.0 Å². The average molecular weight is 463 g/mol. The number of amides is 3. The highest BCUT2D eigenvalue weighted by atomic mass is 16.5. The molecule has 4 rings (SSSR count). The molecule has 0 spiro atoms. The van der Waals surface area contributed by atoms with E-state index in [-0.39, 0.29) is 43.2 Å². The summed E-state index contributed by atoms with van der Waals surface area (Å²) in [5.74, 6) is -1.31. The molecule has 1 saturated carbocycles. The Kier molecular flexibility index (Phi) is 7.40. The molecule has 2 aromatic rings. The maximum absolute atomic E-state index is 13.5. The fraction of sp³-hybridized carbons (Fsp3) is 0.407. The van der Waals surface area contributed by atoms with Gasteiger partial charge in [-0.2, -0.15) is 0 Å². The van der Waals surface area contributed by atoms with Gasteiger partial charge in [-0.15, -0.1) is 0 Å². The van der Waals surface area contributed by atoms with E-state index in [4.69, 9.17) is 4.74 Å². The van der Waals surface area contributed by atoms with E-state index < -0.39 is 12.0 Å². The van der Waals surface area contributed by atoms with Crippen LogP contribution in [0.1, 0.15) is 61.4 Å². The number of ether oxygens (including phenoxy) is 1. The normalized spacial score (nSPS) is 18.7. The average Bonchev–Trinajstić information content (AvgIpc) is 3.14. The van der Waals surface area contributed by atoms with Crippen LogP contribution in [0.5, 0.6) is 0 Å². The summed E-state index contributed by atoms with van der Waals surface area (Å²) in [7, 11) is 0. The zero-order valence-electron chi connectivity index (χ0n) is 19.4. The Morgan fingerprint density at radius 3 is 2.29 bits per heavy atom. The van der Waals surface area contributed by atoms with Gasteiger partial charge in [0.25, 0.3) is 5.91 Å². The van der Waals surface area contributed by atoms with Crippen LogP contribution in [0.2, 0.25) is 0 Å². The van der Waals surface area contributed by atoms with Gasteiger partial charge in [0.2, 0.25) is 11.8 Å². The van der Waals surface area contributed by atoms with E-state index in [9.17, 15) is 19.2 Å². The molecule has 1 atom stereocenters. The number of carbonyl (C=O) groups excluding carboxylic acids is 4. The van der Waals surface area contributed by atoms with Crippen molar-refractivity contribution in [3.05, 3.63) is 65.7 Å². The van der Waals surface area contributed by atoms with Gasteiger partial charge in [-0.3, -0.25) is 14.4 Å². The first-order valence-corrected chi connectivity index (χ1v) is 12.0. The maximum Gasteiger partial charge on any atom is 0.338 e. The van der Waals surface area contributed by atoms with Gasteiger partial charge in [0.05, 0.1) is 30.7 Å². The summed E-state index contributed by atoms with van der Waals surface area (Å²) in [6.45, 7) is 1.99. The third kappa shape index (κ3) is 5.03. The van der Waals surface area contributed by atoms with Gasteiger partial charge in [-0.25, -0.2) is 9.69 Å². The van der Waals surface area contributed by atoms with Crippen LogP contribution in [-0.2, 0) is 25.5 Å². The molecule has 0 aromatic heterocycles. The highest BCUT2D eigenvalue weighted by Gasteiger charge is 2.46. The van der Waals surface area contributed by atoms with Gasteiger partial charge >= 0.3 is 5.97 Å². The third-order valence-electron chi connectivity index (χ3n) is 6.55. The molecule has 1 aliphatic carbocycles. The van der Waals surface area contributed by atoms with E-state index in [0.717, 1.165) is 42.6 Å². The monoisotopic (exact) mass is 462 g/mol. The summed E-state index contributed by atoms with van der Waals surface area (Å²) in [5, 5.41) is 0. The van der Waals surface area contributed by atoms with Crippen molar-refractivity contribution in [3.63, 3.8) is 0 Å². The van der Waals surface area contributed by atoms with Crippen molar-refractivity contribution in [1.29, 1.82) is 0 Å². The Balaban J connectivity index is 1.57. The highest BCUT2D eigenvalue weighted by Crippen LogP contribution is 2.31. The van der Waals surface area contributed by atoms with E-state index in [0.29, 0.717) is 11.3 Å². The summed E-state index contributed by atoms with van der Waals surface area (Å²) in [5.41, 5.74) is 1.63. The van der Waals surface area contributed by atoms with E-state index >= 15 is 0 Å². The molecular weight excluding hydrogens is 432 g/mol. The molecule has 1 heterocycles. The second kappa shape index (κ2) is 10.6. The quantitative estimate of drug-likeness (QED) is 0.460. The molecule has 2 aromatic carbocycles. The Hall–Kier alpha value is -3.48. The van der Waals surface area contributed by atoms with Gasteiger partial charge in [0.1, 0.15) is 6.04 Å². The number of benzene rings is 2. The molecule has 178 valence electrons. The van der Waals surface area contributed by atoms with E-state index in [1.165, 1.54) is 0 Å². The Bertz CT molecular complexity index is 1040. The van der Waals surface area contributed by atoms with Crippen LogP contribution in [0, 0.1) is 0 Å². The van der Waals surface area contributed by atoms with Crippen LogP contribution in [0.25, 0.3) is 0 Å². The molecule has 1 saturated heterocycles. The van der Waals surface area contributed by atoms with Crippen LogP contribution >= 0.6 is 0 Å². The fourth-order valence-corrected chi connectivity index (χ4v) is 4.92. The summed E-state index contributed by atoms with van der Waals surface area (Å²) < 4.78 is 5.00. The SMILES string of the molecule is CCOC(=O)c1ccc(N2C(=O)CC(N(C(=O)Cc3ccccc3)C3CCCCC3)C2=O)cc1. The number of imide groups is 1. The summed E-state index contributed by atoms with van der Waals surface area (Å²) in [4.78, 5) is 54.7. The first-order valence-electron chi connectivity index (χ1n) is 12.0. The molecule has 0 radical (unpaired) electrons. The summed E-state index contributed by atoms with van der Waals surface area (Å²) in [6.07, 6.45) is 4.98. The van der Waals surface area contributed by atoms with Gasteiger partial charge in [0.15, 0.2) is 0 Å². The predicted octanol–water partition coefficient (Wildman–Crippen LogP) is 3.90. The summed E-state index contributed by atoms with van der Waals surface area (Å²) in [6, 6.07) is 14.8. The van der Waals surface area contributed by atoms with Gasteiger partial charge in [-0.1, -0.05) is 49.6 Å². The maximum atomic E-state index is 13.5. The topological polar surface area (TPSA) is 84.0 Å². The van der Waals surface area contributed by atoms with Crippen molar-refractivity contribution >= 4 is 29.4 Å². The molecule has 1 unspecified atom stereocenters. The molecule has 0 bridgehead atoms. The molecule has 0 N–H and O–H groups in total. The van der Waals surface area contributed by atoms with Crippen LogP contribution in [0.4, 0.5) is 5.69 Å². The first-order chi connectivity index (χ1) is 16.5. The van der Waals surface area contributed by atoms with Crippen molar-refractivity contribution in [2.24, 2.45) is 0 Å². The van der Waals surface area contributed by atoms with Gasteiger partial charge in [-0.05, 0) is 49.6 Å². The van der Waals surface area contributed by atoms with Crippen LogP contribution in [0.15, 0.2) is 54.6 Å². The molecule has 1 aliphatic heterocycles. The largest absolute Gasteiger partial charge is 0.462 e. The van der Waals surface area contributed by atoms with Crippen molar-refractivity contribution < 1.29 is 23.9 Å². The molecule has 7 nitrogen and oxygen atoms in total. The number of nitrogens with zero attached hydrogens (tertiary/aromatic N) is 2. The zero-order chi connectivity index (χ0) is 24.1. The first kappa shape index (κ1) is 23.7. The second-order valence-electron chi connectivity index (χ2n) is 8.81. The summed E-state index contributed by atoms with van der Waals surface area (Å²) >= 11 is 0. The molecule has 2 fully saturated rings. The number of hydrogen-bond donors (Lipinski definition) is 0. The minimum Gasteiger partial charge on any atom is -0.462 e. The predicted molar refractivity (Wildman–Crippen MR) is 127 cm³/mol. The molecule has 2 aliphatic rings. The lowest BCUT2D eigenvalue weighted by atomic mass is 9.92. The lowest BCUT2D eigenvalue weighted by Crippen LogP contribution is -2.51. The van der Waals surface area contributed by atoms with Crippen LogP contribution < -0.4 is 4.90 Å². The standard InChI is InChI=1S/C27H30N2O5/c1-2-34-27(33)20-13-15-22(16-14-20)29-25(31)18-23(26(29)32)28(21-11-7-4-8-12-21)24(30)17-19-9-5-3-6-10-19/h3,5-6,9-10,13-16,21,23H,2,4,7-8,11-12,17-18H2,1H3. The minimum atomic E-state index is -0.809. The molecule has 7 heteroatoms. The number of hydrogen-bond acceptors (Lipinski definition) is 5. The van der Waals surface area contributed by atoms with Gasteiger partial charge in [0, 0.05) is 6.04 Å². The van der Waals surface area contributed by atoms with Crippen LogP contribution in [0.3, 0.4) is 0 Å². The van der Waals surface area contributed by atoms with E-state index in [1.807, 2.05) is 30.3 Å².